The van der Waals surface area contributed by atoms with Crippen molar-refractivity contribution in [1.29, 1.82) is 0 Å². The molecule has 11 heteroatoms. The van der Waals surface area contributed by atoms with Crippen molar-refractivity contribution in [3.05, 3.63) is 53.0 Å². The Morgan fingerprint density at radius 1 is 1.02 bits per heavy atom. The number of sulfonamides is 1. The van der Waals surface area contributed by atoms with E-state index in [9.17, 15) is 13.2 Å². The van der Waals surface area contributed by atoms with Crippen LogP contribution in [-0.4, -0.2) is 103 Å². The molecule has 2 aromatic rings. The minimum absolute atomic E-state index is 0.0234. The van der Waals surface area contributed by atoms with Gasteiger partial charge in [-0.2, -0.15) is 0 Å². The summed E-state index contributed by atoms with van der Waals surface area (Å²) in [6.07, 6.45) is 9.94. The van der Waals surface area contributed by atoms with Gasteiger partial charge in [-0.05, 0) is 76.2 Å². The van der Waals surface area contributed by atoms with Crippen LogP contribution in [0, 0.1) is 25.7 Å². The Morgan fingerprint density at radius 2 is 1.70 bits per heavy atom. The lowest BCUT2D eigenvalue weighted by molar-refractivity contribution is -0.0442. The first-order chi connectivity index (χ1) is 21.1. The standard InChI is InChI=1S/C33H48N6O4S/c1-22-8-10-24(11-9-22)30-7-5-6-29(43-30)18-34-32-23(2)31(35-21-36-32)33(40)38-14-12-27(13-15-38)39-19-25-16-28(17-26(25)20-39)37(3)44(4,41)42/h8-11,21,25-30H,5-7,12-20H2,1-4H3,(H,34,35,36)/t25-,26+,28?,29-,30+/m1/s1. The first-order valence-corrected chi connectivity index (χ1v) is 18.2. The number of fused-ring (bicyclic) bond motifs is 1. The van der Waals surface area contributed by atoms with Crippen molar-refractivity contribution in [2.24, 2.45) is 11.8 Å². The van der Waals surface area contributed by atoms with Crippen molar-refractivity contribution in [2.75, 3.05) is 51.3 Å². The van der Waals surface area contributed by atoms with Crippen LogP contribution in [0.3, 0.4) is 0 Å². The van der Waals surface area contributed by atoms with Crippen molar-refractivity contribution in [3.8, 4) is 0 Å². The fraction of sp³-hybridized carbons (Fsp3) is 0.667. The molecule has 1 aromatic carbocycles. The number of rotatable bonds is 8. The molecule has 44 heavy (non-hydrogen) atoms. The molecule has 1 aliphatic carbocycles. The highest BCUT2D eigenvalue weighted by atomic mass is 32.2. The van der Waals surface area contributed by atoms with Gasteiger partial charge < -0.3 is 15.0 Å². The minimum atomic E-state index is -3.15. The fourth-order valence-electron chi connectivity index (χ4n) is 7.88. The van der Waals surface area contributed by atoms with Crippen LogP contribution < -0.4 is 5.32 Å². The van der Waals surface area contributed by atoms with Gasteiger partial charge in [0.2, 0.25) is 10.0 Å². The van der Waals surface area contributed by atoms with Gasteiger partial charge in [-0.25, -0.2) is 22.7 Å². The van der Waals surface area contributed by atoms with Gasteiger partial charge in [-0.3, -0.25) is 9.69 Å². The Morgan fingerprint density at radius 3 is 2.36 bits per heavy atom. The molecule has 6 rings (SSSR count). The van der Waals surface area contributed by atoms with E-state index in [0.29, 0.717) is 35.9 Å². The van der Waals surface area contributed by atoms with Crippen molar-refractivity contribution >= 4 is 21.7 Å². The summed E-state index contributed by atoms with van der Waals surface area (Å²) >= 11 is 0. The summed E-state index contributed by atoms with van der Waals surface area (Å²) in [5, 5.41) is 3.45. The molecule has 0 radical (unpaired) electrons. The van der Waals surface area contributed by atoms with Gasteiger partial charge in [-0.1, -0.05) is 29.8 Å². The summed E-state index contributed by atoms with van der Waals surface area (Å²) in [6, 6.07) is 9.21. The quantitative estimate of drug-likeness (QED) is 0.470. The molecule has 4 fully saturated rings. The number of hydrogen-bond donors (Lipinski definition) is 1. The van der Waals surface area contributed by atoms with E-state index in [1.807, 2.05) is 11.8 Å². The lowest BCUT2D eigenvalue weighted by Gasteiger charge is -2.37. The van der Waals surface area contributed by atoms with Crippen molar-refractivity contribution < 1.29 is 17.9 Å². The third-order valence-corrected chi connectivity index (χ3v) is 12.0. The van der Waals surface area contributed by atoms with E-state index in [4.69, 9.17) is 4.74 Å². The molecule has 1 N–H and O–H groups in total. The molecule has 240 valence electrons. The van der Waals surface area contributed by atoms with Crippen LogP contribution in [0.25, 0.3) is 0 Å². The summed E-state index contributed by atoms with van der Waals surface area (Å²) in [4.78, 5) is 27.0. The Balaban J connectivity index is 0.990. The number of carbonyl (C=O) groups excluding carboxylic acids is 1. The van der Waals surface area contributed by atoms with E-state index in [-0.39, 0.29) is 24.2 Å². The van der Waals surface area contributed by atoms with Gasteiger partial charge in [0.25, 0.3) is 5.91 Å². The van der Waals surface area contributed by atoms with Gasteiger partial charge in [-0.15, -0.1) is 0 Å². The normalized spacial score (nSPS) is 28.4. The maximum Gasteiger partial charge on any atom is 0.272 e. The number of ether oxygens (including phenoxy) is 1. The molecular weight excluding hydrogens is 576 g/mol. The Bertz CT molecular complexity index is 1410. The zero-order valence-electron chi connectivity index (χ0n) is 26.6. The molecule has 0 spiro atoms. The maximum absolute atomic E-state index is 13.6. The number of piperidine rings is 1. The van der Waals surface area contributed by atoms with E-state index < -0.39 is 10.0 Å². The predicted molar refractivity (Wildman–Crippen MR) is 171 cm³/mol. The fourth-order valence-corrected chi connectivity index (χ4v) is 8.60. The molecule has 1 saturated carbocycles. The number of nitrogens with zero attached hydrogens (tertiary/aromatic N) is 5. The van der Waals surface area contributed by atoms with E-state index in [2.05, 4.69) is 51.4 Å². The topological polar surface area (TPSA) is 108 Å². The smallest absolute Gasteiger partial charge is 0.272 e. The molecule has 10 nitrogen and oxygen atoms in total. The number of aromatic nitrogens is 2. The third kappa shape index (κ3) is 6.80. The highest BCUT2D eigenvalue weighted by molar-refractivity contribution is 7.88. The molecule has 4 heterocycles. The molecule has 1 unspecified atom stereocenters. The second-order valence-corrected chi connectivity index (χ2v) is 15.6. The van der Waals surface area contributed by atoms with Crippen LogP contribution in [0.5, 0.6) is 0 Å². The largest absolute Gasteiger partial charge is 0.368 e. The molecule has 3 aliphatic heterocycles. The molecule has 3 saturated heterocycles. The number of likely N-dealkylation sites (tertiary alicyclic amines) is 2. The predicted octanol–water partition coefficient (Wildman–Crippen LogP) is 4.02. The van der Waals surface area contributed by atoms with Crippen molar-refractivity contribution in [2.45, 2.75) is 83.1 Å². The average molecular weight is 625 g/mol. The number of amides is 1. The SMILES string of the molecule is Cc1ccc([C@@H]2CCC[C@H](CNc3ncnc(C(=O)N4CCC(N5C[C@H]6CC(N(C)S(C)(=O)=O)C[C@H]6C5)CC4)c3C)O2)cc1. The summed E-state index contributed by atoms with van der Waals surface area (Å²) in [5.74, 6) is 1.80. The van der Waals surface area contributed by atoms with Gasteiger partial charge in [0.15, 0.2) is 0 Å². The van der Waals surface area contributed by atoms with Gasteiger partial charge in [0.1, 0.15) is 17.8 Å². The number of nitrogens with one attached hydrogen (secondary N) is 1. The van der Waals surface area contributed by atoms with Crippen LogP contribution in [0.4, 0.5) is 5.82 Å². The van der Waals surface area contributed by atoms with E-state index in [1.165, 1.54) is 23.7 Å². The zero-order chi connectivity index (χ0) is 31.0. The number of aryl methyl sites for hydroxylation is 1. The van der Waals surface area contributed by atoms with Gasteiger partial charge in [0.05, 0.1) is 18.5 Å². The van der Waals surface area contributed by atoms with Gasteiger partial charge in [0, 0.05) is 57.4 Å². The Hall–Kier alpha value is -2.60. The number of hydrogen-bond acceptors (Lipinski definition) is 8. The molecule has 5 atom stereocenters. The molecule has 4 aliphatic rings. The molecule has 1 aromatic heterocycles. The van der Waals surface area contributed by atoms with Crippen LogP contribution in [-0.2, 0) is 14.8 Å². The lowest BCUT2D eigenvalue weighted by Crippen LogP contribution is -2.47. The summed E-state index contributed by atoms with van der Waals surface area (Å²) in [6.45, 7) is 8.18. The third-order valence-electron chi connectivity index (χ3n) is 10.6. The van der Waals surface area contributed by atoms with Crippen LogP contribution in [0.2, 0.25) is 0 Å². The maximum atomic E-state index is 13.6. The zero-order valence-corrected chi connectivity index (χ0v) is 27.4. The lowest BCUT2D eigenvalue weighted by atomic mass is 9.97. The molecule has 1 amide bonds. The second-order valence-electron chi connectivity index (χ2n) is 13.6. The summed E-state index contributed by atoms with van der Waals surface area (Å²) in [7, 11) is -1.43. The van der Waals surface area contributed by atoms with Crippen LogP contribution in [0.1, 0.15) is 78.2 Å². The number of anilines is 1. The minimum Gasteiger partial charge on any atom is -0.368 e. The molecule has 0 bridgehead atoms. The number of benzene rings is 1. The monoisotopic (exact) mass is 624 g/mol. The Labute approximate surface area is 262 Å². The van der Waals surface area contributed by atoms with E-state index in [0.717, 1.165) is 76.7 Å². The molecular formula is C33H48N6O4S. The van der Waals surface area contributed by atoms with Crippen LogP contribution >= 0.6 is 0 Å². The van der Waals surface area contributed by atoms with Crippen LogP contribution in [0.15, 0.2) is 30.6 Å². The second kappa shape index (κ2) is 13.0. The van der Waals surface area contributed by atoms with Crippen molar-refractivity contribution in [3.63, 3.8) is 0 Å². The summed E-state index contributed by atoms with van der Waals surface area (Å²) in [5.41, 5.74) is 3.74. The Kier molecular flexibility index (Phi) is 9.29. The van der Waals surface area contributed by atoms with E-state index in [1.54, 1.807) is 11.4 Å². The highest BCUT2D eigenvalue weighted by Gasteiger charge is 2.45. The van der Waals surface area contributed by atoms with E-state index >= 15 is 0 Å². The average Bonchev–Trinajstić information content (AvgIpc) is 3.60. The van der Waals surface area contributed by atoms with Gasteiger partial charge >= 0.3 is 0 Å². The summed E-state index contributed by atoms with van der Waals surface area (Å²) < 4.78 is 32.0. The highest BCUT2D eigenvalue weighted by Crippen LogP contribution is 2.42. The number of carbonyl (C=O) groups is 1. The first-order valence-electron chi connectivity index (χ1n) is 16.3. The first kappa shape index (κ1) is 31.4. The van der Waals surface area contributed by atoms with Crippen molar-refractivity contribution in [1.82, 2.24) is 24.1 Å².